The molecular weight excluding hydrogens is 137 g/mol. The second-order valence-corrected chi connectivity index (χ2v) is 2.71. The predicted octanol–water partition coefficient (Wildman–Crippen LogP) is -0.773. The smallest absolute Gasteiger partial charge is 0.159 e. The second kappa shape index (κ2) is 2.08. The summed E-state index contributed by atoms with van der Waals surface area (Å²) in [5.41, 5.74) is 3.05. The third kappa shape index (κ3) is 0.907. The number of hydrogen-bond donors (Lipinski definition) is 0. The highest BCUT2D eigenvalue weighted by molar-refractivity contribution is 6.32. The van der Waals surface area contributed by atoms with Crippen molar-refractivity contribution >= 4 is 24.5 Å². The molecule has 0 bridgehead atoms. The van der Waals surface area contributed by atoms with E-state index in [2.05, 4.69) is 9.97 Å². The number of nitrogens with zero attached hydrogens (tertiary/aromatic N) is 3. The number of hydrogen-bond acceptors (Lipinski definition) is 2. The molecule has 2 aromatic heterocycles. The Labute approximate surface area is 65.5 Å². The van der Waals surface area contributed by atoms with Crippen LogP contribution < -0.4 is 5.46 Å². The van der Waals surface area contributed by atoms with Crippen LogP contribution in [0.3, 0.4) is 0 Å². The number of pyridine rings is 1. The maximum atomic E-state index is 4.24. The molecule has 0 N–H and O–H groups in total. The normalized spacial score (nSPS) is 10.6. The van der Waals surface area contributed by atoms with Crippen LogP contribution in [0.2, 0.25) is 0 Å². The molecule has 0 fully saturated rings. The topological polar surface area (TPSA) is 30.7 Å². The summed E-state index contributed by atoms with van der Waals surface area (Å²) >= 11 is 0. The summed E-state index contributed by atoms with van der Waals surface area (Å²) in [5, 5.41) is 0. The van der Waals surface area contributed by atoms with Gasteiger partial charge in [0.15, 0.2) is 5.65 Å². The van der Waals surface area contributed by atoms with Crippen molar-refractivity contribution in [2.45, 2.75) is 0 Å². The summed E-state index contributed by atoms with van der Waals surface area (Å²) in [6, 6.07) is 2.03. The zero-order chi connectivity index (χ0) is 7.84. The van der Waals surface area contributed by atoms with Crippen LogP contribution >= 0.6 is 0 Å². The fraction of sp³-hybridized carbons (Fsp3) is 0.143. The van der Waals surface area contributed by atoms with Crippen LogP contribution in [0.1, 0.15) is 0 Å². The van der Waals surface area contributed by atoms with E-state index in [4.69, 9.17) is 0 Å². The molecule has 0 radical (unpaired) electrons. The van der Waals surface area contributed by atoms with Crippen molar-refractivity contribution in [1.82, 2.24) is 14.5 Å². The van der Waals surface area contributed by atoms with Gasteiger partial charge >= 0.3 is 0 Å². The van der Waals surface area contributed by atoms with E-state index in [0.29, 0.717) is 0 Å². The lowest BCUT2D eigenvalue weighted by molar-refractivity contribution is 0.931. The molecule has 0 aliphatic heterocycles. The average Bonchev–Trinajstić information content (AvgIpc) is 2.32. The van der Waals surface area contributed by atoms with Crippen LogP contribution in [0.25, 0.3) is 11.2 Å². The summed E-state index contributed by atoms with van der Waals surface area (Å²) in [4.78, 5) is 8.42. The molecule has 4 heteroatoms. The molecule has 0 atom stereocenters. The summed E-state index contributed by atoms with van der Waals surface area (Å²) in [7, 11) is 3.96. The van der Waals surface area contributed by atoms with Gasteiger partial charge in [-0.3, -0.25) is 0 Å². The molecule has 2 aromatic rings. The van der Waals surface area contributed by atoms with Crippen molar-refractivity contribution in [3.8, 4) is 0 Å². The third-order valence-corrected chi connectivity index (χ3v) is 1.69. The first-order valence-electron chi connectivity index (χ1n) is 3.51. The van der Waals surface area contributed by atoms with E-state index in [1.54, 1.807) is 6.33 Å². The van der Waals surface area contributed by atoms with Crippen molar-refractivity contribution in [1.29, 1.82) is 0 Å². The van der Waals surface area contributed by atoms with E-state index in [1.807, 2.05) is 31.7 Å². The number of aryl methyl sites for hydroxylation is 1. The van der Waals surface area contributed by atoms with Gasteiger partial charge in [0.25, 0.3) is 0 Å². The van der Waals surface area contributed by atoms with Crippen molar-refractivity contribution in [2.75, 3.05) is 0 Å². The minimum atomic E-state index is 0.940. The Morgan fingerprint density at radius 1 is 1.45 bits per heavy atom. The maximum Gasteiger partial charge on any atom is 0.159 e. The quantitative estimate of drug-likeness (QED) is 0.455. The maximum absolute atomic E-state index is 4.24. The largest absolute Gasteiger partial charge is 0.318 e. The Kier molecular flexibility index (Phi) is 1.21. The van der Waals surface area contributed by atoms with Gasteiger partial charge in [0.1, 0.15) is 13.4 Å². The zero-order valence-corrected chi connectivity index (χ0v) is 6.57. The Hall–Kier alpha value is -1.32. The molecule has 0 aliphatic rings. The Morgan fingerprint density at radius 3 is 3.09 bits per heavy atom. The fourth-order valence-corrected chi connectivity index (χ4v) is 1.12. The molecule has 0 saturated carbocycles. The molecule has 0 aliphatic carbocycles. The van der Waals surface area contributed by atoms with Crippen LogP contribution in [0.4, 0.5) is 0 Å². The molecule has 2 rings (SSSR count). The van der Waals surface area contributed by atoms with Gasteiger partial charge < -0.3 is 4.57 Å². The van der Waals surface area contributed by atoms with Crippen LogP contribution in [0.5, 0.6) is 0 Å². The minimum Gasteiger partial charge on any atom is -0.318 e. The van der Waals surface area contributed by atoms with E-state index in [1.165, 1.54) is 0 Å². The van der Waals surface area contributed by atoms with Crippen LogP contribution in [-0.4, -0.2) is 22.4 Å². The molecule has 2 heterocycles. The molecule has 0 saturated heterocycles. The summed E-state index contributed by atoms with van der Waals surface area (Å²) in [6.45, 7) is 0. The Morgan fingerprint density at radius 2 is 2.27 bits per heavy atom. The highest BCUT2D eigenvalue weighted by atomic mass is 15.1. The molecule has 0 amide bonds. The van der Waals surface area contributed by atoms with Gasteiger partial charge in [0, 0.05) is 13.2 Å². The molecule has 54 valence electrons. The predicted molar refractivity (Wildman–Crippen MR) is 46.7 cm³/mol. The molecule has 0 spiro atoms. The molecular formula is C7H8BN3. The zero-order valence-electron chi connectivity index (χ0n) is 6.57. The SMILES string of the molecule is Bc1cnc2c(c1)ncn2C. The second-order valence-electron chi connectivity index (χ2n) is 2.71. The van der Waals surface area contributed by atoms with E-state index >= 15 is 0 Å². The lowest BCUT2D eigenvalue weighted by Crippen LogP contribution is -2.02. The monoisotopic (exact) mass is 145 g/mol. The highest BCUT2D eigenvalue weighted by Crippen LogP contribution is 2.03. The molecule has 11 heavy (non-hydrogen) atoms. The molecule has 0 unspecified atom stereocenters. The van der Waals surface area contributed by atoms with Gasteiger partial charge in [-0.2, -0.15) is 0 Å². The lowest BCUT2D eigenvalue weighted by atomic mass is 9.99. The lowest BCUT2D eigenvalue weighted by Gasteiger charge is -1.92. The van der Waals surface area contributed by atoms with E-state index in [-0.39, 0.29) is 0 Å². The van der Waals surface area contributed by atoms with Gasteiger partial charge in [0.2, 0.25) is 0 Å². The Bertz CT molecular complexity index is 393. The van der Waals surface area contributed by atoms with Crippen LogP contribution in [0, 0.1) is 0 Å². The molecule has 0 aromatic carbocycles. The number of rotatable bonds is 0. The summed E-state index contributed by atoms with van der Waals surface area (Å²) in [6.07, 6.45) is 3.63. The average molecular weight is 145 g/mol. The number of imidazole rings is 1. The van der Waals surface area contributed by atoms with Crippen molar-refractivity contribution in [3.05, 3.63) is 18.6 Å². The van der Waals surface area contributed by atoms with Gasteiger partial charge in [-0.25, -0.2) is 9.97 Å². The van der Waals surface area contributed by atoms with Gasteiger partial charge in [0.05, 0.1) is 6.33 Å². The number of aromatic nitrogens is 3. The standard InChI is InChI=1S/C7H8BN3/c1-11-4-10-6-2-5(8)3-9-7(6)11/h2-4H,8H2,1H3. The minimum absolute atomic E-state index is 0.940. The van der Waals surface area contributed by atoms with Crippen molar-refractivity contribution < 1.29 is 0 Å². The van der Waals surface area contributed by atoms with E-state index in [9.17, 15) is 0 Å². The Balaban J connectivity index is 2.86. The van der Waals surface area contributed by atoms with Gasteiger partial charge in [-0.15, -0.1) is 0 Å². The van der Waals surface area contributed by atoms with Crippen LogP contribution in [-0.2, 0) is 7.05 Å². The summed E-state index contributed by atoms with van der Waals surface area (Å²) < 4.78 is 1.91. The third-order valence-electron chi connectivity index (χ3n) is 1.69. The van der Waals surface area contributed by atoms with E-state index in [0.717, 1.165) is 16.6 Å². The van der Waals surface area contributed by atoms with E-state index < -0.39 is 0 Å². The number of fused-ring (bicyclic) bond motifs is 1. The van der Waals surface area contributed by atoms with Crippen molar-refractivity contribution in [3.63, 3.8) is 0 Å². The first-order chi connectivity index (χ1) is 5.27. The summed E-state index contributed by atoms with van der Waals surface area (Å²) in [5.74, 6) is 0. The highest BCUT2D eigenvalue weighted by Gasteiger charge is 1.98. The first kappa shape index (κ1) is 6.40. The van der Waals surface area contributed by atoms with Gasteiger partial charge in [-0.05, 0) is 6.07 Å². The van der Waals surface area contributed by atoms with Crippen LogP contribution in [0.15, 0.2) is 18.6 Å². The first-order valence-corrected chi connectivity index (χ1v) is 3.51. The van der Waals surface area contributed by atoms with Gasteiger partial charge in [-0.1, -0.05) is 5.46 Å². The fourth-order valence-electron chi connectivity index (χ4n) is 1.12. The molecule has 3 nitrogen and oxygen atoms in total. The van der Waals surface area contributed by atoms with Crippen molar-refractivity contribution in [2.24, 2.45) is 7.05 Å².